The number of halogens is 1. The molecule has 0 aliphatic heterocycles. The van der Waals surface area contributed by atoms with E-state index in [0.29, 0.717) is 22.7 Å². The molecule has 148 valence electrons. The van der Waals surface area contributed by atoms with E-state index < -0.39 is 16.0 Å². The van der Waals surface area contributed by atoms with Crippen LogP contribution in [0.15, 0.2) is 45.7 Å². The van der Waals surface area contributed by atoms with Crippen LogP contribution in [0.3, 0.4) is 0 Å². The molecule has 1 heterocycles. The number of sulfonamides is 1. The molecular formula is C19H19ClN2O5S. The number of benzene rings is 2. The lowest BCUT2D eigenvalue weighted by Crippen LogP contribution is -2.14. The number of nitrogens with zero attached hydrogens (tertiary/aromatic N) is 1. The Balaban J connectivity index is 1.97. The van der Waals surface area contributed by atoms with Crippen molar-refractivity contribution < 1.29 is 22.4 Å². The fourth-order valence-corrected chi connectivity index (χ4v) is 4.05. The first-order chi connectivity index (χ1) is 13.0. The highest BCUT2D eigenvalue weighted by Gasteiger charge is 2.23. The van der Waals surface area contributed by atoms with Crippen LogP contribution in [0.2, 0.25) is 5.02 Å². The Morgan fingerprint density at radius 1 is 1.18 bits per heavy atom. The first-order valence-corrected chi connectivity index (χ1v) is 10.2. The van der Waals surface area contributed by atoms with Crippen molar-refractivity contribution in [3.05, 3.63) is 52.9 Å². The molecular weight excluding hydrogens is 404 g/mol. The standard InChI is InChI=1S/C19H19ClN2O5S/c1-19(2,3)18-21-14-10-12(6-8-15(14)27-18)22-28(24,25)16-9-11(17(23)26-4)5-7-13(16)20/h5-10,22H,1-4H3. The van der Waals surface area contributed by atoms with Crippen molar-refractivity contribution in [2.45, 2.75) is 31.1 Å². The smallest absolute Gasteiger partial charge is 0.337 e. The molecule has 0 amide bonds. The van der Waals surface area contributed by atoms with E-state index in [-0.39, 0.29) is 20.9 Å². The van der Waals surface area contributed by atoms with Gasteiger partial charge in [-0.15, -0.1) is 0 Å². The van der Waals surface area contributed by atoms with Gasteiger partial charge in [0.2, 0.25) is 5.89 Å². The number of fused-ring (bicyclic) bond motifs is 1. The predicted octanol–water partition coefficient (Wildman–Crippen LogP) is 4.37. The van der Waals surface area contributed by atoms with Crippen molar-refractivity contribution in [1.29, 1.82) is 0 Å². The molecule has 0 radical (unpaired) electrons. The Bertz CT molecular complexity index is 1160. The van der Waals surface area contributed by atoms with Gasteiger partial charge in [-0.05, 0) is 36.4 Å². The molecule has 7 nitrogen and oxygen atoms in total. The zero-order chi connectivity index (χ0) is 20.7. The minimum atomic E-state index is -4.05. The van der Waals surface area contributed by atoms with E-state index in [4.69, 9.17) is 16.0 Å². The molecule has 1 aromatic heterocycles. The number of hydrogen-bond donors (Lipinski definition) is 1. The second-order valence-corrected chi connectivity index (χ2v) is 9.25. The van der Waals surface area contributed by atoms with Crippen LogP contribution in [0, 0.1) is 0 Å². The number of hydrogen-bond acceptors (Lipinski definition) is 6. The largest absolute Gasteiger partial charge is 0.465 e. The van der Waals surface area contributed by atoms with Crippen LogP contribution in [0.25, 0.3) is 11.1 Å². The number of nitrogens with one attached hydrogen (secondary N) is 1. The summed E-state index contributed by atoms with van der Waals surface area (Å²) in [6.45, 7) is 5.91. The number of aromatic nitrogens is 1. The van der Waals surface area contributed by atoms with Gasteiger partial charge in [0.25, 0.3) is 10.0 Å². The minimum Gasteiger partial charge on any atom is -0.465 e. The summed E-state index contributed by atoms with van der Waals surface area (Å²) in [6.07, 6.45) is 0. The maximum atomic E-state index is 12.8. The Morgan fingerprint density at radius 3 is 2.54 bits per heavy atom. The number of esters is 1. The Morgan fingerprint density at radius 2 is 1.89 bits per heavy atom. The summed E-state index contributed by atoms with van der Waals surface area (Å²) in [4.78, 5) is 15.9. The molecule has 0 aliphatic carbocycles. The summed E-state index contributed by atoms with van der Waals surface area (Å²) >= 11 is 6.04. The lowest BCUT2D eigenvalue weighted by molar-refractivity contribution is 0.0600. The molecule has 2 aromatic carbocycles. The quantitative estimate of drug-likeness (QED) is 0.627. The van der Waals surface area contributed by atoms with E-state index in [0.717, 1.165) is 0 Å². The van der Waals surface area contributed by atoms with Crippen molar-refractivity contribution in [3.8, 4) is 0 Å². The van der Waals surface area contributed by atoms with E-state index in [1.54, 1.807) is 18.2 Å². The Labute approximate surface area is 167 Å². The molecule has 28 heavy (non-hydrogen) atoms. The van der Waals surface area contributed by atoms with Gasteiger partial charge < -0.3 is 9.15 Å². The molecule has 3 aromatic rings. The number of ether oxygens (including phenoxy) is 1. The number of carbonyl (C=O) groups excluding carboxylic acids is 1. The molecule has 0 saturated carbocycles. The lowest BCUT2D eigenvalue weighted by Gasteiger charge is -2.11. The van der Waals surface area contributed by atoms with Crippen molar-refractivity contribution >= 4 is 44.4 Å². The first-order valence-electron chi connectivity index (χ1n) is 8.33. The van der Waals surface area contributed by atoms with Crippen molar-refractivity contribution in [1.82, 2.24) is 4.98 Å². The van der Waals surface area contributed by atoms with Crippen LogP contribution in [-0.2, 0) is 20.2 Å². The highest BCUT2D eigenvalue weighted by molar-refractivity contribution is 7.92. The van der Waals surface area contributed by atoms with Crippen LogP contribution in [0.5, 0.6) is 0 Å². The molecule has 0 saturated heterocycles. The third-order valence-corrected chi connectivity index (χ3v) is 5.79. The van der Waals surface area contributed by atoms with E-state index in [1.165, 1.54) is 25.3 Å². The molecule has 0 spiro atoms. The lowest BCUT2D eigenvalue weighted by atomic mass is 9.97. The zero-order valence-corrected chi connectivity index (χ0v) is 17.3. The number of rotatable bonds is 4. The second-order valence-electron chi connectivity index (χ2n) is 7.19. The number of anilines is 1. The third-order valence-electron chi connectivity index (χ3n) is 3.92. The zero-order valence-electron chi connectivity index (χ0n) is 15.7. The number of methoxy groups -OCH3 is 1. The van der Waals surface area contributed by atoms with Crippen LogP contribution in [-0.4, -0.2) is 26.5 Å². The van der Waals surface area contributed by atoms with E-state index >= 15 is 0 Å². The van der Waals surface area contributed by atoms with E-state index in [9.17, 15) is 13.2 Å². The maximum Gasteiger partial charge on any atom is 0.337 e. The summed E-state index contributed by atoms with van der Waals surface area (Å²) in [7, 11) is -2.84. The van der Waals surface area contributed by atoms with Gasteiger partial charge in [-0.25, -0.2) is 18.2 Å². The first kappa shape index (κ1) is 20.2. The summed E-state index contributed by atoms with van der Waals surface area (Å²) in [5.41, 5.74) is 1.17. The summed E-state index contributed by atoms with van der Waals surface area (Å²) in [6, 6.07) is 8.67. The average Bonchev–Trinajstić information content (AvgIpc) is 3.04. The Hall–Kier alpha value is -2.58. The topological polar surface area (TPSA) is 98.5 Å². The normalized spacial score (nSPS) is 12.2. The van der Waals surface area contributed by atoms with Crippen LogP contribution >= 0.6 is 11.6 Å². The second kappa shape index (κ2) is 7.10. The van der Waals surface area contributed by atoms with Crippen LogP contribution in [0.4, 0.5) is 5.69 Å². The number of carbonyl (C=O) groups is 1. The molecule has 0 bridgehead atoms. The fraction of sp³-hybridized carbons (Fsp3) is 0.263. The molecule has 0 fully saturated rings. The molecule has 0 unspecified atom stereocenters. The fourth-order valence-electron chi connectivity index (χ4n) is 2.48. The van der Waals surface area contributed by atoms with Gasteiger partial charge in [0, 0.05) is 5.41 Å². The van der Waals surface area contributed by atoms with Gasteiger partial charge in [0.05, 0.1) is 23.4 Å². The van der Waals surface area contributed by atoms with Gasteiger partial charge in [-0.1, -0.05) is 32.4 Å². The molecule has 0 aliphatic rings. The minimum absolute atomic E-state index is 0.0160. The summed E-state index contributed by atoms with van der Waals surface area (Å²) in [5.74, 6) is -0.108. The molecule has 0 atom stereocenters. The van der Waals surface area contributed by atoms with Crippen molar-refractivity contribution in [2.24, 2.45) is 0 Å². The predicted molar refractivity (Wildman–Crippen MR) is 106 cm³/mol. The maximum absolute atomic E-state index is 12.8. The molecule has 1 N–H and O–H groups in total. The highest BCUT2D eigenvalue weighted by Crippen LogP contribution is 2.29. The Kier molecular flexibility index (Phi) is 5.12. The summed E-state index contributed by atoms with van der Waals surface area (Å²) in [5, 5.41) is -0.0160. The van der Waals surface area contributed by atoms with E-state index in [2.05, 4.69) is 14.4 Å². The SMILES string of the molecule is COC(=O)c1ccc(Cl)c(S(=O)(=O)Nc2ccc3oc(C(C)(C)C)nc3c2)c1. The van der Waals surface area contributed by atoms with Gasteiger partial charge in [-0.2, -0.15) is 0 Å². The van der Waals surface area contributed by atoms with Gasteiger partial charge in [0.15, 0.2) is 5.58 Å². The molecule has 3 rings (SSSR count). The summed E-state index contributed by atoms with van der Waals surface area (Å²) < 4.78 is 38.4. The molecule has 9 heteroatoms. The third kappa shape index (κ3) is 3.98. The van der Waals surface area contributed by atoms with E-state index in [1.807, 2.05) is 20.8 Å². The van der Waals surface area contributed by atoms with Gasteiger partial charge in [0.1, 0.15) is 10.4 Å². The van der Waals surface area contributed by atoms with Gasteiger partial charge >= 0.3 is 5.97 Å². The average molecular weight is 423 g/mol. The van der Waals surface area contributed by atoms with Crippen LogP contribution < -0.4 is 4.72 Å². The van der Waals surface area contributed by atoms with Crippen LogP contribution in [0.1, 0.15) is 37.0 Å². The van der Waals surface area contributed by atoms with Crippen molar-refractivity contribution in [3.63, 3.8) is 0 Å². The highest BCUT2D eigenvalue weighted by atomic mass is 35.5. The van der Waals surface area contributed by atoms with Crippen molar-refractivity contribution in [2.75, 3.05) is 11.8 Å². The number of oxazole rings is 1. The van der Waals surface area contributed by atoms with Gasteiger partial charge in [-0.3, -0.25) is 4.72 Å². The monoisotopic (exact) mass is 422 g/mol.